The van der Waals surface area contributed by atoms with Gasteiger partial charge >= 0.3 is 0 Å². The molecule has 1 aliphatic carbocycles. The fourth-order valence-electron chi connectivity index (χ4n) is 6.37. The number of benzene rings is 3. The van der Waals surface area contributed by atoms with Crippen LogP contribution >= 0.6 is 0 Å². The Morgan fingerprint density at radius 3 is 2.63 bits per heavy atom. The Morgan fingerprint density at radius 1 is 1.05 bits per heavy atom. The van der Waals surface area contributed by atoms with Crippen molar-refractivity contribution in [2.45, 2.75) is 17.8 Å². The van der Waals surface area contributed by atoms with E-state index in [1.54, 1.807) is 7.11 Å². The predicted octanol–water partition coefficient (Wildman–Crippen LogP) is 3.73. The molecule has 8 nitrogen and oxygen atoms in total. The minimum atomic E-state index is -0.514. The molecule has 194 valence electrons. The highest BCUT2D eigenvalue weighted by Gasteiger charge is 2.65. The lowest BCUT2D eigenvalue weighted by Crippen LogP contribution is -2.47. The number of aliphatic hydroxyl groups excluding tert-OH is 1. The molecule has 3 aromatic carbocycles. The van der Waals surface area contributed by atoms with Crippen molar-refractivity contribution in [3.8, 4) is 17.0 Å². The largest absolute Gasteiger partial charge is 0.497 e. The molecule has 38 heavy (non-hydrogen) atoms. The number of amides is 1. The Bertz CT molecular complexity index is 1520. The van der Waals surface area contributed by atoms with E-state index in [2.05, 4.69) is 67.8 Å². The van der Waals surface area contributed by atoms with Gasteiger partial charge in [-0.15, -0.1) is 0 Å². The number of hydrogen-bond donors (Lipinski definition) is 3. The Labute approximate surface area is 221 Å². The van der Waals surface area contributed by atoms with Crippen molar-refractivity contribution in [2.75, 3.05) is 56.7 Å². The molecule has 3 aliphatic rings. The number of carbonyl (C=O) groups is 1. The number of H-pyrrole nitrogens is 1. The number of methoxy groups -OCH3 is 1. The minimum absolute atomic E-state index is 0.0750. The number of aromatic nitrogens is 2. The summed E-state index contributed by atoms with van der Waals surface area (Å²) >= 11 is 0. The van der Waals surface area contributed by atoms with Crippen LogP contribution in [0.2, 0.25) is 0 Å². The van der Waals surface area contributed by atoms with Crippen molar-refractivity contribution in [3.05, 3.63) is 71.8 Å². The van der Waals surface area contributed by atoms with Crippen molar-refractivity contribution in [1.29, 1.82) is 0 Å². The van der Waals surface area contributed by atoms with Gasteiger partial charge in [0.05, 0.1) is 30.3 Å². The molecule has 1 saturated carbocycles. The number of piperazine rings is 1. The number of rotatable bonds is 6. The zero-order valence-corrected chi connectivity index (χ0v) is 21.4. The average molecular weight is 510 g/mol. The molecule has 0 radical (unpaired) electrons. The van der Waals surface area contributed by atoms with Crippen LogP contribution in [-0.4, -0.2) is 72.6 Å². The van der Waals surface area contributed by atoms with Gasteiger partial charge < -0.3 is 20.1 Å². The second-order valence-corrected chi connectivity index (χ2v) is 10.6. The summed E-state index contributed by atoms with van der Waals surface area (Å²) in [6.45, 7) is 4.83. The van der Waals surface area contributed by atoms with E-state index in [-0.39, 0.29) is 18.4 Å². The van der Waals surface area contributed by atoms with Crippen LogP contribution in [0.3, 0.4) is 0 Å². The number of ether oxygens (including phenoxy) is 1. The SMILES string of the molecule is COc1ccc2c(c1)C1(CC1c1ccc3c(-c4ccc(N5CCN(CCO)CC5)cc4)n[nH]c3c1)C(=O)N2. The zero-order chi connectivity index (χ0) is 25.9. The molecule has 2 aliphatic heterocycles. The standard InChI is InChI=1S/C30H31N5O3/c1-38-22-7-9-26-24(17-22)30(29(37)31-26)18-25(30)20-4-8-23-27(16-20)32-33-28(23)19-2-5-21(6-3-19)35-12-10-34(11-13-35)14-15-36/h2-9,16-17,25,36H,10-15,18H2,1H3,(H,31,37)(H,32,33). The molecular weight excluding hydrogens is 478 g/mol. The van der Waals surface area contributed by atoms with Gasteiger partial charge in [-0.25, -0.2) is 0 Å². The van der Waals surface area contributed by atoms with Gasteiger partial charge in [0, 0.05) is 61.0 Å². The van der Waals surface area contributed by atoms with E-state index in [0.29, 0.717) is 0 Å². The topological polar surface area (TPSA) is 93.7 Å². The van der Waals surface area contributed by atoms with E-state index >= 15 is 0 Å². The molecule has 0 bridgehead atoms. The summed E-state index contributed by atoms with van der Waals surface area (Å²) in [7, 11) is 1.65. The number of anilines is 2. The summed E-state index contributed by atoms with van der Waals surface area (Å²) in [5.74, 6) is 0.976. The second-order valence-electron chi connectivity index (χ2n) is 10.6. The molecule has 2 fully saturated rings. The molecule has 2 atom stereocenters. The van der Waals surface area contributed by atoms with Gasteiger partial charge in [-0.2, -0.15) is 5.10 Å². The van der Waals surface area contributed by atoms with Crippen molar-refractivity contribution in [2.24, 2.45) is 0 Å². The predicted molar refractivity (Wildman–Crippen MR) is 148 cm³/mol. The highest BCUT2D eigenvalue weighted by molar-refractivity contribution is 6.10. The van der Waals surface area contributed by atoms with E-state index in [1.807, 2.05) is 18.2 Å². The molecule has 1 amide bonds. The van der Waals surface area contributed by atoms with Crippen LogP contribution in [-0.2, 0) is 10.2 Å². The van der Waals surface area contributed by atoms with Gasteiger partial charge in [-0.3, -0.25) is 14.8 Å². The highest BCUT2D eigenvalue weighted by atomic mass is 16.5. The number of aromatic amines is 1. The molecule has 3 heterocycles. The number of β-amino-alcohol motifs (C(OH)–C–C–N with tert-alkyl or cyclic N) is 1. The maximum absolute atomic E-state index is 13.1. The van der Waals surface area contributed by atoms with E-state index in [1.165, 1.54) is 5.69 Å². The molecule has 7 rings (SSSR count). The summed E-state index contributed by atoms with van der Waals surface area (Å²) < 4.78 is 5.43. The number of fused-ring (bicyclic) bond motifs is 3. The monoisotopic (exact) mass is 509 g/mol. The van der Waals surface area contributed by atoms with Gasteiger partial charge in [-0.1, -0.05) is 24.3 Å². The van der Waals surface area contributed by atoms with Crippen molar-refractivity contribution in [3.63, 3.8) is 0 Å². The maximum Gasteiger partial charge on any atom is 0.235 e. The van der Waals surface area contributed by atoms with E-state index in [0.717, 1.165) is 83.9 Å². The smallest absolute Gasteiger partial charge is 0.235 e. The molecule has 1 spiro atoms. The number of aliphatic hydroxyl groups is 1. The molecule has 1 saturated heterocycles. The van der Waals surface area contributed by atoms with Crippen LogP contribution in [0.4, 0.5) is 11.4 Å². The maximum atomic E-state index is 13.1. The van der Waals surface area contributed by atoms with Crippen molar-refractivity contribution < 1.29 is 14.6 Å². The highest BCUT2D eigenvalue weighted by Crippen LogP contribution is 2.65. The Morgan fingerprint density at radius 2 is 1.87 bits per heavy atom. The first-order valence-electron chi connectivity index (χ1n) is 13.3. The van der Waals surface area contributed by atoms with Gasteiger partial charge in [0.2, 0.25) is 5.91 Å². The summed E-state index contributed by atoms with van der Waals surface area (Å²) in [5.41, 5.74) is 6.76. The molecule has 2 unspecified atom stereocenters. The van der Waals surface area contributed by atoms with Crippen molar-refractivity contribution in [1.82, 2.24) is 15.1 Å². The first kappa shape index (κ1) is 23.3. The van der Waals surface area contributed by atoms with Crippen LogP contribution in [0.5, 0.6) is 5.75 Å². The lowest BCUT2D eigenvalue weighted by atomic mass is 9.91. The zero-order valence-electron chi connectivity index (χ0n) is 21.4. The van der Waals surface area contributed by atoms with Crippen LogP contribution in [0.1, 0.15) is 23.5 Å². The summed E-state index contributed by atoms with van der Waals surface area (Å²) in [4.78, 5) is 17.7. The van der Waals surface area contributed by atoms with Gasteiger partial charge in [0.15, 0.2) is 0 Å². The minimum Gasteiger partial charge on any atom is -0.497 e. The third kappa shape index (κ3) is 3.59. The molecule has 1 aromatic heterocycles. The van der Waals surface area contributed by atoms with Crippen LogP contribution in [0.25, 0.3) is 22.2 Å². The summed E-state index contributed by atoms with van der Waals surface area (Å²) in [6.07, 6.45) is 0.793. The summed E-state index contributed by atoms with van der Waals surface area (Å²) in [5, 5.41) is 21.2. The lowest BCUT2D eigenvalue weighted by Gasteiger charge is -2.35. The number of carbonyl (C=O) groups excluding carboxylic acids is 1. The summed E-state index contributed by atoms with van der Waals surface area (Å²) in [6, 6.07) is 20.9. The second kappa shape index (κ2) is 8.85. The fourth-order valence-corrected chi connectivity index (χ4v) is 6.37. The molecule has 8 heteroatoms. The Kier molecular flexibility index (Phi) is 5.42. The average Bonchev–Trinajstić information content (AvgIpc) is 3.48. The van der Waals surface area contributed by atoms with Gasteiger partial charge in [-0.05, 0) is 53.9 Å². The van der Waals surface area contributed by atoms with E-state index in [9.17, 15) is 9.90 Å². The van der Waals surface area contributed by atoms with Crippen LogP contribution in [0.15, 0.2) is 60.7 Å². The number of nitrogens with one attached hydrogen (secondary N) is 2. The molecule has 3 N–H and O–H groups in total. The Balaban J connectivity index is 1.12. The molecular formula is C30H31N5O3. The first-order chi connectivity index (χ1) is 18.6. The van der Waals surface area contributed by atoms with Gasteiger partial charge in [0.25, 0.3) is 0 Å². The molecule has 4 aromatic rings. The van der Waals surface area contributed by atoms with Crippen molar-refractivity contribution >= 4 is 28.2 Å². The lowest BCUT2D eigenvalue weighted by molar-refractivity contribution is -0.118. The number of hydrogen-bond acceptors (Lipinski definition) is 6. The Hall–Kier alpha value is -3.88. The fraction of sp³-hybridized carbons (Fsp3) is 0.333. The van der Waals surface area contributed by atoms with E-state index < -0.39 is 5.41 Å². The van der Waals surface area contributed by atoms with E-state index in [4.69, 9.17) is 4.74 Å². The normalized spacial score (nSPS) is 22.6. The number of nitrogens with zero attached hydrogens (tertiary/aromatic N) is 3. The quantitative estimate of drug-likeness (QED) is 0.367. The first-order valence-corrected chi connectivity index (χ1v) is 13.3. The van der Waals surface area contributed by atoms with Gasteiger partial charge in [0.1, 0.15) is 5.75 Å². The van der Waals surface area contributed by atoms with Crippen LogP contribution in [0, 0.1) is 0 Å². The third-order valence-corrected chi connectivity index (χ3v) is 8.61. The third-order valence-electron chi connectivity index (χ3n) is 8.61. The van der Waals surface area contributed by atoms with Crippen LogP contribution < -0.4 is 15.0 Å².